The van der Waals surface area contributed by atoms with Crippen molar-refractivity contribution < 1.29 is 0 Å². The van der Waals surface area contributed by atoms with E-state index in [0.29, 0.717) is 0 Å². The molecule has 1 fully saturated rings. The fraction of sp³-hybridized carbons (Fsp3) is 0.231. The summed E-state index contributed by atoms with van der Waals surface area (Å²) in [5, 5.41) is 0. The lowest BCUT2D eigenvalue weighted by Crippen LogP contribution is -2.32. The summed E-state index contributed by atoms with van der Waals surface area (Å²) in [6.45, 7) is 0. The fourth-order valence-electron chi connectivity index (χ4n) is 2.27. The first-order valence-corrected chi connectivity index (χ1v) is 5.60. The van der Waals surface area contributed by atoms with E-state index in [0.717, 1.165) is 18.5 Å². The molecule has 0 bridgehead atoms. The summed E-state index contributed by atoms with van der Waals surface area (Å²) in [6.07, 6.45) is 3.61. The number of hydrogen-bond acceptors (Lipinski definition) is 2. The SMILES string of the molecule is O=c1[nH]cc(C2(c3ccccc3)CC2)[nH]c1=O. The molecule has 2 aromatic rings. The number of aromatic nitrogens is 2. The molecule has 4 nitrogen and oxygen atoms in total. The first-order chi connectivity index (χ1) is 8.22. The fourth-order valence-corrected chi connectivity index (χ4v) is 2.27. The van der Waals surface area contributed by atoms with Crippen LogP contribution in [0, 0.1) is 0 Å². The topological polar surface area (TPSA) is 65.7 Å². The summed E-state index contributed by atoms with van der Waals surface area (Å²) in [6, 6.07) is 10.0. The maximum Gasteiger partial charge on any atom is 0.313 e. The van der Waals surface area contributed by atoms with E-state index in [4.69, 9.17) is 0 Å². The van der Waals surface area contributed by atoms with E-state index < -0.39 is 11.1 Å². The number of H-pyrrole nitrogens is 2. The molecule has 1 aliphatic carbocycles. The van der Waals surface area contributed by atoms with Crippen molar-refractivity contribution in [3.8, 4) is 0 Å². The molecule has 1 aliphatic rings. The molecule has 1 aromatic heterocycles. The van der Waals surface area contributed by atoms with Crippen LogP contribution in [0.3, 0.4) is 0 Å². The summed E-state index contributed by atoms with van der Waals surface area (Å²) in [5.74, 6) is 0. The van der Waals surface area contributed by atoms with Gasteiger partial charge in [-0.05, 0) is 18.4 Å². The number of hydrogen-bond donors (Lipinski definition) is 2. The number of rotatable bonds is 2. The van der Waals surface area contributed by atoms with Gasteiger partial charge in [-0.15, -0.1) is 0 Å². The predicted octanol–water partition coefficient (Wildman–Crippen LogP) is 1.14. The van der Waals surface area contributed by atoms with Gasteiger partial charge in [0.1, 0.15) is 0 Å². The Bertz CT molecular complexity index is 651. The van der Waals surface area contributed by atoms with Crippen LogP contribution in [0.5, 0.6) is 0 Å². The van der Waals surface area contributed by atoms with Crippen LogP contribution in [0.25, 0.3) is 0 Å². The summed E-state index contributed by atoms with van der Waals surface area (Å²) in [5.41, 5.74) is 0.697. The van der Waals surface area contributed by atoms with Crippen molar-refractivity contribution in [2.24, 2.45) is 0 Å². The van der Waals surface area contributed by atoms with Crippen LogP contribution in [-0.4, -0.2) is 9.97 Å². The Morgan fingerprint density at radius 3 is 2.29 bits per heavy atom. The average molecular weight is 228 g/mol. The van der Waals surface area contributed by atoms with Crippen molar-refractivity contribution in [2.75, 3.05) is 0 Å². The average Bonchev–Trinajstić information content (AvgIpc) is 3.15. The van der Waals surface area contributed by atoms with E-state index in [1.807, 2.05) is 18.2 Å². The summed E-state index contributed by atoms with van der Waals surface area (Å²) in [7, 11) is 0. The monoisotopic (exact) mass is 228 g/mol. The van der Waals surface area contributed by atoms with Gasteiger partial charge in [0, 0.05) is 17.3 Å². The highest BCUT2D eigenvalue weighted by atomic mass is 16.2. The Balaban J connectivity index is 2.13. The third kappa shape index (κ3) is 1.53. The van der Waals surface area contributed by atoms with Gasteiger partial charge in [-0.2, -0.15) is 0 Å². The molecule has 0 radical (unpaired) electrons. The highest BCUT2D eigenvalue weighted by Crippen LogP contribution is 2.52. The zero-order valence-electron chi connectivity index (χ0n) is 9.19. The van der Waals surface area contributed by atoms with Gasteiger partial charge < -0.3 is 9.97 Å². The number of aromatic amines is 2. The molecule has 0 amide bonds. The summed E-state index contributed by atoms with van der Waals surface area (Å²) >= 11 is 0. The van der Waals surface area contributed by atoms with Crippen LogP contribution in [-0.2, 0) is 5.41 Å². The molecule has 1 aromatic carbocycles. The van der Waals surface area contributed by atoms with Crippen LogP contribution in [0.1, 0.15) is 24.1 Å². The standard InChI is InChI=1S/C13H12N2O2/c16-11-12(17)15-10(8-14-11)13(6-7-13)9-4-2-1-3-5-9/h1-5,8H,6-7H2,(H,14,16)(H,15,17). The largest absolute Gasteiger partial charge is 0.323 e. The molecule has 0 unspecified atom stereocenters. The predicted molar refractivity (Wildman–Crippen MR) is 64.1 cm³/mol. The Kier molecular flexibility index (Phi) is 2.04. The molecular formula is C13H12N2O2. The zero-order chi connectivity index (χ0) is 11.9. The molecule has 17 heavy (non-hydrogen) atoms. The van der Waals surface area contributed by atoms with Crippen LogP contribution in [0.15, 0.2) is 46.1 Å². The second-order valence-corrected chi connectivity index (χ2v) is 4.43. The molecule has 86 valence electrons. The van der Waals surface area contributed by atoms with Crippen molar-refractivity contribution >= 4 is 0 Å². The Morgan fingerprint density at radius 1 is 1.00 bits per heavy atom. The van der Waals surface area contributed by atoms with Gasteiger partial charge in [0.2, 0.25) is 0 Å². The van der Waals surface area contributed by atoms with E-state index in [2.05, 4.69) is 22.1 Å². The third-order valence-electron chi connectivity index (χ3n) is 3.39. The lowest BCUT2D eigenvalue weighted by molar-refractivity contribution is 0.779. The molecule has 0 atom stereocenters. The normalized spacial score (nSPS) is 16.7. The van der Waals surface area contributed by atoms with Crippen LogP contribution in [0.2, 0.25) is 0 Å². The van der Waals surface area contributed by atoms with Gasteiger partial charge in [0.25, 0.3) is 0 Å². The van der Waals surface area contributed by atoms with Crippen LogP contribution < -0.4 is 11.1 Å². The summed E-state index contributed by atoms with van der Waals surface area (Å²) < 4.78 is 0. The van der Waals surface area contributed by atoms with Gasteiger partial charge in [-0.25, -0.2) is 0 Å². The van der Waals surface area contributed by atoms with Crippen molar-refractivity contribution in [2.45, 2.75) is 18.3 Å². The molecule has 4 heteroatoms. The van der Waals surface area contributed by atoms with E-state index in [1.54, 1.807) is 6.20 Å². The maximum absolute atomic E-state index is 11.3. The highest BCUT2D eigenvalue weighted by Gasteiger charge is 2.46. The van der Waals surface area contributed by atoms with Crippen molar-refractivity contribution in [1.82, 2.24) is 9.97 Å². The lowest BCUT2D eigenvalue weighted by Gasteiger charge is -2.14. The first kappa shape index (κ1) is 10.1. The van der Waals surface area contributed by atoms with Gasteiger partial charge >= 0.3 is 11.1 Å². The van der Waals surface area contributed by atoms with E-state index >= 15 is 0 Å². The molecule has 1 heterocycles. The van der Waals surface area contributed by atoms with Crippen LogP contribution >= 0.6 is 0 Å². The highest BCUT2D eigenvalue weighted by molar-refractivity contribution is 5.40. The number of nitrogens with one attached hydrogen (secondary N) is 2. The van der Waals surface area contributed by atoms with Gasteiger partial charge in [-0.1, -0.05) is 30.3 Å². The zero-order valence-corrected chi connectivity index (χ0v) is 9.19. The molecular weight excluding hydrogens is 216 g/mol. The van der Waals surface area contributed by atoms with E-state index in [1.165, 1.54) is 5.56 Å². The van der Waals surface area contributed by atoms with Crippen molar-refractivity contribution in [3.63, 3.8) is 0 Å². The Hall–Kier alpha value is -2.10. The molecule has 0 saturated heterocycles. The van der Waals surface area contributed by atoms with Crippen molar-refractivity contribution in [3.05, 3.63) is 68.5 Å². The van der Waals surface area contributed by atoms with Gasteiger partial charge in [-0.3, -0.25) is 9.59 Å². The molecule has 0 aliphatic heterocycles. The minimum Gasteiger partial charge on any atom is -0.323 e. The van der Waals surface area contributed by atoms with Crippen LogP contribution in [0.4, 0.5) is 0 Å². The third-order valence-corrected chi connectivity index (χ3v) is 3.39. The van der Waals surface area contributed by atoms with E-state index in [-0.39, 0.29) is 5.41 Å². The lowest BCUT2D eigenvalue weighted by atomic mass is 9.93. The molecule has 0 spiro atoms. The Labute approximate surface area is 97.3 Å². The minimum atomic E-state index is -0.599. The maximum atomic E-state index is 11.3. The minimum absolute atomic E-state index is 0.107. The molecule has 2 N–H and O–H groups in total. The first-order valence-electron chi connectivity index (χ1n) is 5.60. The van der Waals surface area contributed by atoms with E-state index in [9.17, 15) is 9.59 Å². The van der Waals surface area contributed by atoms with Gasteiger partial charge in [0.15, 0.2) is 0 Å². The summed E-state index contributed by atoms with van der Waals surface area (Å²) in [4.78, 5) is 27.6. The van der Waals surface area contributed by atoms with Gasteiger partial charge in [0.05, 0.1) is 0 Å². The molecule has 1 saturated carbocycles. The number of benzene rings is 1. The second kappa shape index (κ2) is 3.45. The molecule has 3 rings (SSSR count). The Morgan fingerprint density at radius 2 is 1.71 bits per heavy atom. The van der Waals surface area contributed by atoms with Crippen molar-refractivity contribution in [1.29, 1.82) is 0 Å². The second-order valence-electron chi connectivity index (χ2n) is 4.43. The quantitative estimate of drug-likeness (QED) is 0.757. The smallest absolute Gasteiger partial charge is 0.313 e.